The number of para-hydroxylation sites is 1. The first kappa shape index (κ1) is 20.5. The van der Waals surface area contributed by atoms with Crippen molar-refractivity contribution >= 4 is 33.9 Å². The second-order valence-electron chi connectivity index (χ2n) is 7.53. The van der Waals surface area contributed by atoms with Crippen LogP contribution in [0.25, 0.3) is 10.9 Å². The number of fused-ring (bicyclic) bond motifs is 1. The Bertz CT molecular complexity index is 1070. The first-order valence-electron chi connectivity index (χ1n) is 10.4. The summed E-state index contributed by atoms with van der Waals surface area (Å²) in [6.07, 6.45) is 3.19. The third-order valence-electron chi connectivity index (χ3n) is 5.35. The molecule has 2 aromatic carbocycles. The Morgan fingerprint density at radius 2 is 2.07 bits per heavy atom. The van der Waals surface area contributed by atoms with Crippen LogP contribution in [0.4, 0.5) is 5.69 Å². The number of nitrogens with one attached hydrogen (secondary N) is 2. The highest BCUT2D eigenvalue weighted by Crippen LogP contribution is 2.17. The van der Waals surface area contributed by atoms with E-state index >= 15 is 0 Å². The van der Waals surface area contributed by atoms with Gasteiger partial charge in [-0.25, -0.2) is 4.98 Å². The van der Waals surface area contributed by atoms with Gasteiger partial charge in [0, 0.05) is 18.8 Å². The lowest BCUT2D eigenvalue weighted by molar-refractivity contribution is 0.0900. The van der Waals surface area contributed by atoms with Crippen molar-refractivity contribution in [2.24, 2.45) is 0 Å². The normalized spacial score (nSPS) is 16.0. The van der Waals surface area contributed by atoms with Crippen LogP contribution in [-0.2, 0) is 17.7 Å². The molecule has 1 atom stereocenters. The predicted octanol–water partition coefficient (Wildman–Crippen LogP) is 3.86. The molecular formula is C23H26N4O2S. The van der Waals surface area contributed by atoms with Crippen molar-refractivity contribution in [3.8, 4) is 0 Å². The van der Waals surface area contributed by atoms with Crippen LogP contribution in [0.3, 0.4) is 0 Å². The van der Waals surface area contributed by atoms with Gasteiger partial charge in [0.25, 0.3) is 5.56 Å². The maximum Gasteiger partial charge on any atom is 0.258 e. The molecule has 0 bridgehead atoms. The Kier molecular flexibility index (Phi) is 6.40. The topological polar surface area (TPSA) is 70.2 Å². The van der Waals surface area contributed by atoms with Crippen LogP contribution in [0, 0.1) is 0 Å². The number of hydrogen-bond donors (Lipinski definition) is 2. The summed E-state index contributed by atoms with van der Waals surface area (Å²) >= 11 is 5.72. The molecule has 1 saturated heterocycles. The van der Waals surface area contributed by atoms with Gasteiger partial charge in [-0.05, 0) is 61.3 Å². The molecule has 1 aliphatic heterocycles. The molecule has 2 N–H and O–H groups in total. The van der Waals surface area contributed by atoms with E-state index in [-0.39, 0.29) is 11.7 Å². The van der Waals surface area contributed by atoms with Gasteiger partial charge < -0.3 is 19.9 Å². The maximum absolute atomic E-state index is 12.5. The van der Waals surface area contributed by atoms with Crippen LogP contribution >= 0.6 is 12.2 Å². The van der Waals surface area contributed by atoms with Gasteiger partial charge in [0.1, 0.15) is 5.82 Å². The van der Waals surface area contributed by atoms with Crippen molar-refractivity contribution in [3.05, 3.63) is 70.3 Å². The predicted molar refractivity (Wildman–Crippen MR) is 124 cm³/mol. The third kappa shape index (κ3) is 4.86. The molecule has 3 aromatic rings. The summed E-state index contributed by atoms with van der Waals surface area (Å²) in [5.41, 5.74) is 2.76. The number of ether oxygens (including phenoxy) is 1. The summed E-state index contributed by atoms with van der Waals surface area (Å²) in [5.74, 6) is 0.585. The highest BCUT2D eigenvalue weighted by atomic mass is 32.1. The molecule has 0 saturated carbocycles. The van der Waals surface area contributed by atoms with Gasteiger partial charge in [0.2, 0.25) is 0 Å². The number of hydrogen-bond acceptors (Lipinski definition) is 4. The van der Waals surface area contributed by atoms with Gasteiger partial charge in [-0.2, -0.15) is 0 Å². The van der Waals surface area contributed by atoms with Crippen molar-refractivity contribution in [1.82, 2.24) is 14.9 Å². The molecule has 6 nitrogen and oxygen atoms in total. The molecule has 0 aliphatic carbocycles. The van der Waals surface area contributed by atoms with Gasteiger partial charge in [-0.15, -0.1) is 0 Å². The number of rotatable bonds is 6. The highest BCUT2D eigenvalue weighted by Gasteiger charge is 2.22. The summed E-state index contributed by atoms with van der Waals surface area (Å²) < 4.78 is 5.82. The minimum atomic E-state index is -0.137. The molecule has 1 fully saturated rings. The van der Waals surface area contributed by atoms with E-state index in [4.69, 9.17) is 17.0 Å². The molecule has 0 unspecified atom stereocenters. The lowest BCUT2D eigenvalue weighted by atomic mass is 10.1. The molecule has 30 heavy (non-hydrogen) atoms. The fourth-order valence-corrected chi connectivity index (χ4v) is 3.93. The van der Waals surface area contributed by atoms with Crippen molar-refractivity contribution in [2.45, 2.75) is 38.8 Å². The Hall–Kier alpha value is -2.77. The van der Waals surface area contributed by atoms with E-state index in [1.54, 1.807) is 6.07 Å². The average Bonchev–Trinajstić information content (AvgIpc) is 3.27. The number of benzene rings is 2. The van der Waals surface area contributed by atoms with Crippen LogP contribution in [0.2, 0.25) is 0 Å². The Morgan fingerprint density at radius 3 is 2.80 bits per heavy atom. The smallest absolute Gasteiger partial charge is 0.258 e. The monoisotopic (exact) mass is 422 g/mol. The van der Waals surface area contributed by atoms with Crippen molar-refractivity contribution in [3.63, 3.8) is 0 Å². The van der Waals surface area contributed by atoms with Crippen LogP contribution in [0.5, 0.6) is 0 Å². The Morgan fingerprint density at radius 1 is 1.27 bits per heavy atom. The quantitative estimate of drug-likeness (QED) is 0.588. The zero-order valence-corrected chi connectivity index (χ0v) is 17.9. The largest absolute Gasteiger partial charge is 0.376 e. The molecular weight excluding hydrogens is 396 g/mol. The minimum Gasteiger partial charge on any atom is -0.376 e. The average molecular weight is 423 g/mol. The lowest BCUT2D eigenvalue weighted by Gasteiger charge is -2.28. The maximum atomic E-state index is 12.5. The number of aromatic amines is 1. The first-order valence-corrected chi connectivity index (χ1v) is 10.8. The molecule has 4 rings (SSSR count). The van der Waals surface area contributed by atoms with Gasteiger partial charge in [-0.3, -0.25) is 4.79 Å². The summed E-state index contributed by atoms with van der Waals surface area (Å²) in [6, 6.07) is 15.6. The molecule has 2 heterocycles. The fraction of sp³-hybridized carbons (Fsp3) is 0.348. The number of thiocarbonyl (C=S) groups is 1. The number of anilines is 1. The zero-order valence-electron chi connectivity index (χ0n) is 17.1. The summed E-state index contributed by atoms with van der Waals surface area (Å²) in [5, 5.41) is 4.50. The van der Waals surface area contributed by atoms with E-state index in [1.165, 1.54) is 5.56 Å². The minimum absolute atomic E-state index is 0.124. The number of nitrogens with zero attached hydrogens (tertiary/aromatic N) is 2. The van der Waals surface area contributed by atoms with Crippen LogP contribution in [0.15, 0.2) is 53.3 Å². The van der Waals surface area contributed by atoms with Crippen molar-refractivity contribution < 1.29 is 4.74 Å². The lowest BCUT2D eigenvalue weighted by Crippen LogP contribution is -2.40. The van der Waals surface area contributed by atoms with Crippen LogP contribution in [0.1, 0.15) is 31.2 Å². The van der Waals surface area contributed by atoms with Gasteiger partial charge in [0.05, 0.1) is 23.6 Å². The van der Waals surface area contributed by atoms with E-state index in [1.807, 2.05) is 35.2 Å². The Labute approximate surface area is 181 Å². The molecule has 1 aromatic heterocycles. The Balaban J connectivity index is 1.55. The van der Waals surface area contributed by atoms with Crippen molar-refractivity contribution in [2.75, 3.05) is 18.5 Å². The second kappa shape index (κ2) is 9.36. The van der Waals surface area contributed by atoms with Crippen molar-refractivity contribution in [1.29, 1.82) is 0 Å². The van der Waals surface area contributed by atoms with Crippen LogP contribution in [-0.4, -0.2) is 39.2 Å². The molecule has 0 radical (unpaired) electrons. The van der Waals surface area contributed by atoms with Gasteiger partial charge in [0.15, 0.2) is 5.11 Å². The standard InChI is InChI=1S/C23H26N4O2S/c1-2-16-9-11-17(12-10-16)24-23(30)27(14-18-6-5-13-29-18)15-21-25-20-8-4-3-7-19(20)22(28)26-21/h3-4,7-12,18H,2,5-6,13-15H2,1H3,(H,24,30)(H,25,26,28)/t18-/m0/s1. The van der Waals surface area contributed by atoms with Crippen LogP contribution < -0.4 is 10.9 Å². The fourth-order valence-electron chi connectivity index (χ4n) is 3.67. The van der Waals surface area contributed by atoms with E-state index < -0.39 is 0 Å². The van der Waals surface area contributed by atoms with Gasteiger partial charge >= 0.3 is 0 Å². The molecule has 0 spiro atoms. The van der Waals surface area contributed by atoms with Gasteiger partial charge in [-0.1, -0.05) is 31.2 Å². The number of H-pyrrole nitrogens is 1. The SMILES string of the molecule is CCc1ccc(NC(=S)N(Cc2nc3ccccc3c(=O)[nH]2)C[C@@H]2CCCO2)cc1. The summed E-state index contributed by atoms with van der Waals surface area (Å²) in [6.45, 7) is 3.96. The van der Waals surface area contributed by atoms with E-state index in [0.29, 0.717) is 34.9 Å². The number of aryl methyl sites for hydroxylation is 1. The van der Waals surface area contributed by atoms with E-state index in [0.717, 1.165) is 31.6 Å². The number of aromatic nitrogens is 2. The summed E-state index contributed by atoms with van der Waals surface area (Å²) in [4.78, 5) is 22.0. The summed E-state index contributed by atoms with van der Waals surface area (Å²) in [7, 11) is 0. The molecule has 0 amide bonds. The van der Waals surface area contributed by atoms with E-state index in [2.05, 4.69) is 34.3 Å². The zero-order chi connectivity index (χ0) is 20.9. The molecule has 156 valence electrons. The molecule has 1 aliphatic rings. The third-order valence-corrected chi connectivity index (χ3v) is 5.71. The first-order chi connectivity index (χ1) is 14.6. The van der Waals surface area contributed by atoms with E-state index in [9.17, 15) is 4.79 Å². The molecule has 7 heteroatoms. The second-order valence-corrected chi connectivity index (χ2v) is 7.91. The highest BCUT2D eigenvalue weighted by molar-refractivity contribution is 7.80.